The van der Waals surface area contributed by atoms with Gasteiger partial charge in [0, 0.05) is 0 Å². The molecule has 8 nitrogen and oxygen atoms in total. The summed E-state index contributed by atoms with van der Waals surface area (Å²) in [5.41, 5.74) is 0. The molecule has 0 fully saturated rings. The van der Waals surface area contributed by atoms with Crippen molar-refractivity contribution in [3.8, 4) is 0 Å². The molecule has 0 spiro atoms. The van der Waals surface area contributed by atoms with Crippen LogP contribution in [0.15, 0.2) is 0 Å². The van der Waals surface area contributed by atoms with Crippen molar-refractivity contribution in [3.63, 3.8) is 0 Å². The van der Waals surface area contributed by atoms with Crippen molar-refractivity contribution in [2.75, 3.05) is 0 Å². The summed E-state index contributed by atoms with van der Waals surface area (Å²) in [4.78, 5) is 51.3. The molecule has 0 heterocycles. The van der Waals surface area contributed by atoms with Gasteiger partial charge in [0.1, 0.15) is 0 Å². The predicted octanol–water partition coefficient (Wildman–Crippen LogP) is -11.6. The van der Waals surface area contributed by atoms with Crippen molar-refractivity contribution in [2.45, 2.75) is 0 Å². The SMILES string of the molecule is O=P([O-])([O-])[O-].O=P([O-])([O-])[O-].[Na+].[Na+].[V+4][Fe]. The third kappa shape index (κ3) is 285. The molecule has 0 aromatic rings. The van der Waals surface area contributed by atoms with Gasteiger partial charge >= 0.3 is 88.5 Å². The molecule has 0 unspecified atom stereocenters. The molecule has 14 heteroatoms. The summed E-state index contributed by atoms with van der Waals surface area (Å²) in [5.74, 6) is 0. The van der Waals surface area contributed by atoms with Crippen molar-refractivity contribution >= 4 is 15.6 Å². The van der Waals surface area contributed by atoms with Crippen molar-refractivity contribution in [2.24, 2.45) is 0 Å². The second-order valence-electron chi connectivity index (χ2n) is 0.894. The van der Waals surface area contributed by atoms with Gasteiger partial charge in [0.05, 0.1) is 0 Å². The van der Waals surface area contributed by atoms with Gasteiger partial charge in [-0.3, -0.25) is 0 Å². The van der Waals surface area contributed by atoms with E-state index in [0.29, 0.717) is 0 Å². The average molecular weight is 343 g/mol. The zero-order valence-corrected chi connectivity index (χ0v) is 15.3. The van der Waals surface area contributed by atoms with Crippen LogP contribution < -0.4 is 88.5 Å². The monoisotopic (exact) mass is 343 g/mol. The van der Waals surface area contributed by atoms with Gasteiger partial charge in [0.2, 0.25) is 0 Å². The van der Waals surface area contributed by atoms with E-state index in [1.165, 1.54) is 0 Å². The Morgan fingerprint density at radius 3 is 0.714 bits per heavy atom. The Hall–Kier alpha value is 3.32. The molecule has 0 rings (SSSR count). The van der Waals surface area contributed by atoms with E-state index < -0.39 is 15.6 Å². The Morgan fingerprint density at radius 1 is 0.714 bits per heavy atom. The van der Waals surface area contributed by atoms with Crippen LogP contribution in [0, 0.1) is 0 Å². The maximum atomic E-state index is 8.55. The number of hydrogen-bond donors (Lipinski definition) is 0. The Morgan fingerprint density at radius 2 is 0.714 bits per heavy atom. The van der Waals surface area contributed by atoms with Gasteiger partial charge in [-0.25, -0.2) is 0 Å². The Labute approximate surface area is 140 Å². The standard InChI is InChI=1S/Fe.2Na.2H3O4P.V/c;;;2*1-5(2,3)4;/h;;;2*(H3,1,2,3,4);/q;2*+1;;;+4/p-6. The van der Waals surface area contributed by atoms with Crippen LogP contribution in [0.4, 0.5) is 0 Å². The Bertz CT molecular complexity index is 138. The van der Waals surface area contributed by atoms with Crippen molar-refractivity contribution < 1.29 is 127 Å². The Kier molecular flexibility index (Phi) is 35.4. The van der Waals surface area contributed by atoms with Crippen molar-refractivity contribution in [1.29, 1.82) is 0 Å². The number of phosphoric acid groups is 2. The molecule has 0 atom stereocenters. The molecule has 0 aromatic heterocycles. The Balaban J connectivity index is -0.0000000292. The van der Waals surface area contributed by atoms with Crippen LogP contribution >= 0.6 is 15.6 Å². The van der Waals surface area contributed by atoms with Crippen molar-refractivity contribution in [3.05, 3.63) is 0 Å². The van der Waals surface area contributed by atoms with Crippen LogP contribution in [0.25, 0.3) is 0 Å². The predicted molar refractivity (Wildman–Crippen MR) is 15.2 cm³/mol. The van der Waals surface area contributed by atoms with Crippen LogP contribution in [0.2, 0.25) is 0 Å². The van der Waals surface area contributed by atoms with Gasteiger partial charge in [-0.2, -0.15) is 15.6 Å². The first-order valence-electron chi connectivity index (χ1n) is 1.62. The van der Waals surface area contributed by atoms with Gasteiger partial charge in [0.15, 0.2) is 0 Å². The van der Waals surface area contributed by atoms with Crippen LogP contribution in [-0.2, 0) is 38.5 Å². The van der Waals surface area contributed by atoms with E-state index in [1.54, 1.807) is 0 Å². The molecule has 0 aliphatic heterocycles. The first kappa shape index (κ1) is 30.4. The molecule has 0 saturated heterocycles. The van der Waals surface area contributed by atoms with Gasteiger partial charge < -0.3 is 38.5 Å². The van der Waals surface area contributed by atoms with Gasteiger partial charge in [-0.15, -0.1) is 0 Å². The minimum atomic E-state index is -5.39. The summed E-state index contributed by atoms with van der Waals surface area (Å²) in [6, 6.07) is 0. The molecular weight excluding hydrogens is 343 g/mol. The topological polar surface area (TPSA) is 172 Å². The molecular formula is FeNa2O8P2V. The molecule has 0 bridgehead atoms. The fraction of sp³-hybridized carbons (Fsp3) is 0. The molecule has 14 heavy (non-hydrogen) atoms. The van der Waals surface area contributed by atoms with Crippen LogP contribution in [0.1, 0.15) is 0 Å². The fourth-order valence-electron chi connectivity index (χ4n) is 0. The summed E-state index contributed by atoms with van der Waals surface area (Å²) in [6.45, 7) is 0. The molecule has 0 N–H and O–H groups in total. The number of rotatable bonds is 0. The van der Waals surface area contributed by atoms with Crippen LogP contribution in [-0.4, -0.2) is 0 Å². The zero-order valence-electron chi connectivity index (χ0n) is 6.96. The second-order valence-corrected chi connectivity index (χ2v) is 2.68. The first-order valence-corrected chi connectivity index (χ1v) is 7.07. The summed E-state index contributed by atoms with van der Waals surface area (Å²) in [7, 11) is -10.8. The van der Waals surface area contributed by atoms with E-state index >= 15 is 0 Å². The van der Waals surface area contributed by atoms with Crippen LogP contribution in [0.5, 0.6) is 0 Å². The third-order valence-corrected chi connectivity index (χ3v) is 0. The second kappa shape index (κ2) is 16.3. The molecule has 0 aliphatic carbocycles. The molecule has 0 saturated carbocycles. The summed E-state index contributed by atoms with van der Waals surface area (Å²) >= 11 is 5.25. The van der Waals surface area contributed by atoms with E-state index in [0.717, 1.165) is 0 Å². The minimum absolute atomic E-state index is 0. The summed E-state index contributed by atoms with van der Waals surface area (Å²) in [6.07, 6.45) is 0. The maximum absolute atomic E-state index is 8.55. The van der Waals surface area contributed by atoms with Crippen LogP contribution in [0.3, 0.4) is 0 Å². The normalized spacial score (nSPS) is 8.93. The first-order chi connectivity index (χ1) is 5.00. The summed E-state index contributed by atoms with van der Waals surface area (Å²) in [5, 5.41) is 0. The van der Waals surface area contributed by atoms with Gasteiger partial charge in [0.25, 0.3) is 0 Å². The molecule has 0 aliphatic rings. The fourth-order valence-corrected chi connectivity index (χ4v) is 0. The van der Waals surface area contributed by atoms with Gasteiger partial charge in [-0.05, 0) is 0 Å². The van der Waals surface area contributed by atoms with E-state index in [2.05, 4.69) is 29.4 Å². The van der Waals surface area contributed by atoms with Gasteiger partial charge in [-0.1, -0.05) is 0 Å². The quantitative estimate of drug-likeness (QED) is 0.308. The van der Waals surface area contributed by atoms with E-state index in [9.17, 15) is 0 Å². The molecule has 0 amide bonds. The molecule has 73 valence electrons. The summed E-state index contributed by atoms with van der Waals surface area (Å²) < 4.78 is 17.1. The zero-order chi connectivity index (χ0) is 11.0. The molecule has 0 aromatic carbocycles. The van der Waals surface area contributed by atoms with E-state index in [1.807, 2.05) is 0 Å². The third-order valence-electron chi connectivity index (χ3n) is 0. The number of hydrogen-bond acceptors (Lipinski definition) is 8. The average Bonchev–Trinajstić information content (AvgIpc) is 1.59. The van der Waals surface area contributed by atoms with E-state index in [4.69, 9.17) is 38.5 Å². The van der Waals surface area contributed by atoms with Crippen molar-refractivity contribution in [1.82, 2.24) is 0 Å². The molecule has 0 radical (unpaired) electrons. The van der Waals surface area contributed by atoms with E-state index in [-0.39, 0.29) is 59.1 Å².